The first-order chi connectivity index (χ1) is 8.24. The molecule has 1 aliphatic rings. The first kappa shape index (κ1) is 12.5. The standard InChI is InChI=1S/C12H22N4O/c1-3-16-11(6-10(2)14-16)8-15-4-5-17-9-12(15)7-13/h6,12H,3-5,7-9,13H2,1-2H3. The summed E-state index contributed by atoms with van der Waals surface area (Å²) < 4.78 is 7.53. The Hall–Kier alpha value is -0.910. The van der Waals surface area contributed by atoms with E-state index in [-0.39, 0.29) is 0 Å². The van der Waals surface area contributed by atoms with E-state index in [0.29, 0.717) is 12.6 Å². The van der Waals surface area contributed by atoms with Gasteiger partial charge in [0, 0.05) is 32.2 Å². The van der Waals surface area contributed by atoms with Gasteiger partial charge in [-0.05, 0) is 19.9 Å². The van der Waals surface area contributed by atoms with Gasteiger partial charge in [0.1, 0.15) is 0 Å². The molecule has 1 aliphatic heterocycles. The zero-order valence-electron chi connectivity index (χ0n) is 10.7. The third-order valence-electron chi connectivity index (χ3n) is 3.27. The Morgan fingerprint density at radius 1 is 1.59 bits per heavy atom. The third kappa shape index (κ3) is 2.86. The maximum Gasteiger partial charge on any atom is 0.0634 e. The highest BCUT2D eigenvalue weighted by molar-refractivity contribution is 5.09. The molecule has 1 aromatic heterocycles. The van der Waals surface area contributed by atoms with E-state index in [9.17, 15) is 0 Å². The summed E-state index contributed by atoms with van der Waals surface area (Å²) in [4.78, 5) is 2.39. The average Bonchev–Trinajstić information content (AvgIpc) is 2.70. The summed E-state index contributed by atoms with van der Waals surface area (Å²) in [6.07, 6.45) is 0. The van der Waals surface area contributed by atoms with Crippen molar-refractivity contribution < 1.29 is 4.74 Å². The molecular weight excluding hydrogens is 216 g/mol. The van der Waals surface area contributed by atoms with Gasteiger partial charge in [-0.2, -0.15) is 5.10 Å². The van der Waals surface area contributed by atoms with Gasteiger partial charge in [-0.1, -0.05) is 0 Å². The van der Waals surface area contributed by atoms with Crippen molar-refractivity contribution in [1.82, 2.24) is 14.7 Å². The van der Waals surface area contributed by atoms with Crippen molar-refractivity contribution in [3.63, 3.8) is 0 Å². The Bertz CT molecular complexity index is 363. The van der Waals surface area contributed by atoms with E-state index in [1.165, 1.54) is 5.69 Å². The molecule has 1 saturated heterocycles. The van der Waals surface area contributed by atoms with E-state index >= 15 is 0 Å². The molecule has 2 rings (SSSR count). The van der Waals surface area contributed by atoms with Crippen molar-refractivity contribution in [3.05, 3.63) is 17.5 Å². The van der Waals surface area contributed by atoms with Crippen LogP contribution in [0, 0.1) is 6.92 Å². The number of aryl methyl sites for hydroxylation is 2. The molecule has 1 fully saturated rings. The quantitative estimate of drug-likeness (QED) is 0.823. The van der Waals surface area contributed by atoms with Gasteiger partial charge in [-0.25, -0.2) is 0 Å². The molecule has 1 aromatic rings. The molecule has 0 aliphatic carbocycles. The topological polar surface area (TPSA) is 56.3 Å². The fourth-order valence-electron chi connectivity index (χ4n) is 2.32. The summed E-state index contributed by atoms with van der Waals surface area (Å²) in [6, 6.07) is 2.50. The van der Waals surface area contributed by atoms with Gasteiger partial charge < -0.3 is 10.5 Å². The van der Waals surface area contributed by atoms with Crippen molar-refractivity contribution in [2.75, 3.05) is 26.3 Å². The van der Waals surface area contributed by atoms with Crippen molar-refractivity contribution in [1.29, 1.82) is 0 Å². The molecule has 2 N–H and O–H groups in total. The Kier molecular flexibility index (Phi) is 4.15. The van der Waals surface area contributed by atoms with E-state index < -0.39 is 0 Å². The van der Waals surface area contributed by atoms with E-state index in [1.54, 1.807) is 0 Å². The third-order valence-corrected chi connectivity index (χ3v) is 3.27. The maximum absolute atomic E-state index is 5.78. The zero-order chi connectivity index (χ0) is 12.3. The van der Waals surface area contributed by atoms with E-state index in [4.69, 9.17) is 10.5 Å². The van der Waals surface area contributed by atoms with Crippen LogP contribution in [-0.2, 0) is 17.8 Å². The molecule has 2 heterocycles. The number of nitrogens with two attached hydrogens (primary N) is 1. The normalized spacial score (nSPS) is 21.9. The predicted octanol–water partition coefficient (Wildman–Crippen LogP) is 0.371. The van der Waals surface area contributed by atoms with E-state index in [2.05, 4.69) is 27.7 Å². The minimum atomic E-state index is 0.337. The molecule has 1 unspecified atom stereocenters. The lowest BCUT2D eigenvalue weighted by Crippen LogP contribution is -2.48. The summed E-state index contributed by atoms with van der Waals surface area (Å²) in [6.45, 7) is 9.15. The molecule has 0 aromatic carbocycles. The highest BCUT2D eigenvalue weighted by Crippen LogP contribution is 2.13. The number of rotatable bonds is 4. The van der Waals surface area contributed by atoms with Crippen molar-refractivity contribution in [2.45, 2.75) is 33.0 Å². The lowest BCUT2D eigenvalue weighted by molar-refractivity contribution is -0.00901. The number of hydrogen-bond acceptors (Lipinski definition) is 4. The number of ether oxygens (including phenoxy) is 1. The number of aromatic nitrogens is 2. The fourth-order valence-corrected chi connectivity index (χ4v) is 2.32. The first-order valence-corrected chi connectivity index (χ1v) is 6.29. The van der Waals surface area contributed by atoms with E-state index in [0.717, 1.165) is 38.5 Å². The number of morpholine rings is 1. The molecule has 0 spiro atoms. The molecule has 96 valence electrons. The monoisotopic (exact) mass is 238 g/mol. The van der Waals surface area contributed by atoms with Crippen LogP contribution in [0.4, 0.5) is 0 Å². The van der Waals surface area contributed by atoms with Gasteiger partial charge in [-0.15, -0.1) is 0 Å². The molecule has 0 radical (unpaired) electrons. The Morgan fingerprint density at radius 3 is 3.12 bits per heavy atom. The largest absolute Gasteiger partial charge is 0.378 e. The van der Waals surface area contributed by atoms with Crippen molar-refractivity contribution in [2.24, 2.45) is 5.73 Å². The molecule has 0 amide bonds. The van der Waals surface area contributed by atoms with Crippen LogP contribution in [0.3, 0.4) is 0 Å². The smallest absolute Gasteiger partial charge is 0.0634 e. The van der Waals surface area contributed by atoms with Gasteiger partial charge in [0.15, 0.2) is 0 Å². The van der Waals surface area contributed by atoms with Gasteiger partial charge >= 0.3 is 0 Å². The summed E-state index contributed by atoms with van der Waals surface area (Å²) in [5.41, 5.74) is 8.13. The maximum atomic E-state index is 5.78. The second-order valence-electron chi connectivity index (χ2n) is 4.53. The highest BCUT2D eigenvalue weighted by atomic mass is 16.5. The molecular formula is C12H22N4O. The zero-order valence-corrected chi connectivity index (χ0v) is 10.7. The van der Waals surface area contributed by atoms with Gasteiger partial charge in [-0.3, -0.25) is 9.58 Å². The lowest BCUT2D eigenvalue weighted by atomic mass is 10.2. The molecule has 1 atom stereocenters. The predicted molar refractivity (Wildman–Crippen MR) is 66.7 cm³/mol. The summed E-state index contributed by atoms with van der Waals surface area (Å²) in [7, 11) is 0. The summed E-state index contributed by atoms with van der Waals surface area (Å²) in [5, 5.41) is 4.47. The van der Waals surface area contributed by atoms with Crippen LogP contribution in [-0.4, -0.2) is 47.0 Å². The minimum Gasteiger partial charge on any atom is -0.378 e. The summed E-state index contributed by atoms with van der Waals surface area (Å²) >= 11 is 0. The van der Waals surface area contributed by atoms with Gasteiger partial charge in [0.25, 0.3) is 0 Å². The Balaban J connectivity index is 2.07. The van der Waals surface area contributed by atoms with Crippen LogP contribution in [0.1, 0.15) is 18.3 Å². The Morgan fingerprint density at radius 2 is 2.41 bits per heavy atom. The SMILES string of the molecule is CCn1nc(C)cc1CN1CCOCC1CN. The van der Waals surface area contributed by atoms with Gasteiger partial charge in [0.05, 0.1) is 24.6 Å². The van der Waals surface area contributed by atoms with Crippen LogP contribution >= 0.6 is 0 Å². The molecule has 0 saturated carbocycles. The molecule has 5 heteroatoms. The van der Waals surface area contributed by atoms with Crippen LogP contribution in [0.25, 0.3) is 0 Å². The highest BCUT2D eigenvalue weighted by Gasteiger charge is 2.22. The molecule has 17 heavy (non-hydrogen) atoms. The first-order valence-electron chi connectivity index (χ1n) is 6.29. The van der Waals surface area contributed by atoms with Crippen LogP contribution < -0.4 is 5.73 Å². The van der Waals surface area contributed by atoms with Crippen LogP contribution in [0.5, 0.6) is 0 Å². The molecule has 5 nitrogen and oxygen atoms in total. The van der Waals surface area contributed by atoms with Crippen molar-refractivity contribution >= 4 is 0 Å². The lowest BCUT2D eigenvalue weighted by Gasteiger charge is -2.34. The van der Waals surface area contributed by atoms with Gasteiger partial charge in [0.2, 0.25) is 0 Å². The minimum absolute atomic E-state index is 0.337. The second-order valence-corrected chi connectivity index (χ2v) is 4.53. The fraction of sp³-hybridized carbons (Fsp3) is 0.750. The molecule has 0 bridgehead atoms. The van der Waals surface area contributed by atoms with E-state index in [1.807, 2.05) is 6.92 Å². The number of nitrogens with zero attached hydrogens (tertiary/aromatic N) is 3. The van der Waals surface area contributed by atoms with Crippen LogP contribution in [0.2, 0.25) is 0 Å². The number of hydrogen-bond donors (Lipinski definition) is 1. The summed E-state index contributed by atoms with van der Waals surface area (Å²) in [5.74, 6) is 0. The Labute approximate surface area is 103 Å². The second kappa shape index (κ2) is 5.62. The average molecular weight is 238 g/mol. The van der Waals surface area contributed by atoms with Crippen LogP contribution in [0.15, 0.2) is 6.07 Å². The van der Waals surface area contributed by atoms with Crippen molar-refractivity contribution in [3.8, 4) is 0 Å².